The minimum Gasteiger partial charge on any atom is -0.123 e. The SMILES string of the molecule is CC(C)Sc1ccc2c(-c3cccc4ccccc34)c3cc([Si](C(C)C)(C(C)C)C(C)C)ccc3c(-c3cccc4ccccc34)c2c1. The second-order valence-corrected chi connectivity index (χ2v) is 22.4. The Bertz CT molecular complexity index is 2260. The Balaban J connectivity index is 1.72. The Morgan fingerprint density at radius 1 is 0.417 bits per heavy atom. The first-order chi connectivity index (χ1) is 23.1. The van der Waals surface area contributed by atoms with Crippen LogP contribution in [0.1, 0.15) is 55.4 Å². The molecule has 0 aromatic heterocycles. The normalized spacial score (nSPS) is 12.6. The number of hydrogen-bond donors (Lipinski definition) is 0. The number of thioether (sulfide) groups is 1. The lowest BCUT2D eigenvalue weighted by atomic mass is 9.83. The third-order valence-electron chi connectivity index (χ3n) is 10.9. The highest BCUT2D eigenvalue weighted by Crippen LogP contribution is 2.49. The van der Waals surface area contributed by atoms with E-state index >= 15 is 0 Å². The molecule has 0 unspecified atom stereocenters. The molecule has 242 valence electrons. The fraction of sp³-hybridized carbons (Fsp3) is 0.261. The summed E-state index contributed by atoms with van der Waals surface area (Å²) in [6, 6.07) is 46.5. The zero-order valence-electron chi connectivity index (χ0n) is 29.8. The number of fused-ring (bicyclic) bond motifs is 4. The number of rotatable bonds is 8. The molecule has 0 saturated heterocycles. The van der Waals surface area contributed by atoms with Gasteiger partial charge in [0.2, 0.25) is 0 Å². The summed E-state index contributed by atoms with van der Waals surface area (Å²) in [5, 5.41) is 12.7. The maximum absolute atomic E-state index is 2.66. The van der Waals surface area contributed by atoms with Gasteiger partial charge in [0, 0.05) is 10.1 Å². The third kappa shape index (κ3) is 5.29. The van der Waals surface area contributed by atoms with Gasteiger partial charge in [-0.05, 0) is 94.1 Å². The van der Waals surface area contributed by atoms with Gasteiger partial charge in [0.05, 0.1) is 8.07 Å². The Kier molecular flexibility index (Phi) is 8.77. The highest BCUT2D eigenvalue weighted by Gasteiger charge is 2.44. The van der Waals surface area contributed by atoms with E-state index in [1.54, 1.807) is 5.19 Å². The first-order valence-corrected chi connectivity index (χ1v) is 20.9. The van der Waals surface area contributed by atoms with Crippen LogP contribution in [0, 0.1) is 0 Å². The van der Waals surface area contributed by atoms with Gasteiger partial charge < -0.3 is 0 Å². The fourth-order valence-electron chi connectivity index (χ4n) is 9.29. The average Bonchev–Trinajstić information content (AvgIpc) is 3.06. The summed E-state index contributed by atoms with van der Waals surface area (Å²) in [7, 11) is -1.94. The van der Waals surface area contributed by atoms with Crippen molar-refractivity contribution in [2.24, 2.45) is 0 Å². The standard InChI is InChI=1S/C46H48SSi/c1-29(2)47-35-23-25-41-43(27-35)45(39-21-13-17-33-15-9-11-19-37(33)39)42-26-24-36(48(30(3)4,31(5)6)32(7)8)28-44(42)46(41)40-22-14-18-34-16-10-12-20-38(34)40/h9-32H,1-8H3. The predicted molar refractivity (Wildman–Crippen MR) is 219 cm³/mol. The molecule has 7 aromatic carbocycles. The van der Waals surface area contributed by atoms with E-state index in [0.717, 1.165) is 0 Å². The average molecular weight is 661 g/mol. The molecule has 0 aliphatic heterocycles. The molecule has 0 N–H and O–H groups in total. The first-order valence-electron chi connectivity index (χ1n) is 17.8. The summed E-state index contributed by atoms with van der Waals surface area (Å²) in [5.74, 6) is 0. The van der Waals surface area contributed by atoms with E-state index in [1.165, 1.54) is 70.2 Å². The van der Waals surface area contributed by atoms with Gasteiger partial charge in [0.1, 0.15) is 0 Å². The lowest BCUT2D eigenvalue weighted by molar-refractivity contribution is 0.835. The molecule has 0 aliphatic rings. The topological polar surface area (TPSA) is 0 Å². The van der Waals surface area contributed by atoms with Gasteiger partial charge in [-0.15, -0.1) is 11.8 Å². The van der Waals surface area contributed by atoms with Gasteiger partial charge in [-0.1, -0.05) is 170 Å². The van der Waals surface area contributed by atoms with Gasteiger partial charge in [0.15, 0.2) is 0 Å². The minimum atomic E-state index is -1.94. The maximum Gasteiger partial charge on any atom is 0.0942 e. The molecule has 0 radical (unpaired) electrons. The molecule has 0 bridgehead atoms. The van der Waals surface area contributed by atoms with Crippen LogP contribution in [0.15, 0.2) is 126 Å². The van der Waals surface area contributed by atoms with Crippen molar-refractivity contribution in [1.82, 2.24) is 0 Å². The van der Waals surface area contributed by atoms with Crippen LogP contribution in [0.4, 0.5) is 0 Å². The summed E-state index contributed by atoms with van der Waals surface area (Å²) < 4.78 is 0. The Hall–Kier alpha value is -3.85. The monoisotopic (exact) mass is 660 g/mol. The zero-order chi connectivity index (χ0) is 33.7. The van der Waals surface area contributed by atoms with Crippen LogP contribution in [-0.2, 0) is 0 Å². The molecule has 7 rings (SSSR count). The Morgan fingerprint density at radius 2 is 0.875 bits per heavy atom. The summed E-state index contributed by atoms with van der Waals surface area (Å²) in [4.78, 5) is 1.32. The van der Waals surface area contributed by atoms with Gasteiger partial charge >= 0.3 is 0 Å². The molecule has 48 heavy (non-hydrogen) atoms. The molecule has 0 fully saturated rings. The van der Waals surface area contributed by atoms with E-state index < -0.39 is 8.07 Å². The van der Waals surface area contributed by atoms with Gasteiger partial charge in [-0.25, -0.2) is 0 Å². The fourth-order valence-corrected chi connectivity index (χ4v) is 16.9. The Morgan fingerprint density at radius 3 is 1.38 bits per heavy atom. The minimum absolute atomic E-state index is 0.505. The van der Waals surface area contributed by atoms with Gasteiger partial charge in [0.25, 0.3) is 0 Å². The maximum atomic E-state index is 2.66. The van der Waals surface area contributed by atoms with E-state index in [2.05, 4.69) is 177 Å². The molecule has 7 aromatic rings. The smallest absolute Gasteiger partial charge is 0.0942 e. The molecule has 0 amide bonds. The van der Waals surface area contributed by atoms with Crippen LogP contribution in [-0.4, -0.2) is 13.3 Å². The number of benzene rings is 7. The van der Waals surface area contributed by atoms with Crippen molar-refractivity contribution in [3.05, 3.63) is 121 Å². The summed E-state index contributed by atoms with van der Waals surface area (Å²) in [5.41, 5.74) is 7.23. The van der Waals surface area contributed by atoms with E-state index in [4.69, 9.17) is 0 Å². The largest absolute Gasteiger partial charge is 0.123 e. The second kappa shape index (κ2) is 12.9. The highest BCUT2D eigenvalue weighted by molar-refractivity contribution is 7.99. The van der Waals surface area contributed by atoms with Crippen LogP contribution in [0.25, 0.3) is 65.3 Å². The Labute approximate surface area is 292 Å². The van der Waals surface area contributed by atoms with Crippen LogP contribution in [0.3, 0.4) is 0 Å². The van der Waals surface area contributed by atoms with Gasteiger partial charge in [-0.2, -0.15) is 0 Å². The molecule has 0 spiro atoms. The molecule has 0 aliphatic carbocycles. The van der Waals surface area contributed by atoms with Crippen molar-refractivity contribution < 1.29 is 0 Å². The molecule has 0 saturated carbocycles. The lowest BCUT2D eigenvalue weighted by Crippen LogP contribution is -2.55. The molecule has 0 heterocycles. The predicted octanol–water partition coefficient (Wildman–Crippen LogP) is 14.0. The van der Waals surface area contributed by atoms with Crippen molar-refractivity contribution in [2.75, 3.05) is 0 Å². The van der Waals surface area contributed by atoms with Crippen molar-refractivity contribution in [2.45, 2.75) is 82.2 Å². The molecule has 0 atom stereocenters. The quantitative estimate of drug-likeness (QED) is 0.0888. The lowest BCUT2D eigenvalue weighted by Gasteiger charge is -2.44. The molecule has 2 heteroatoms. The summed E-state index contributed by atoms with van der Waals surface area (Å²) in [6.07, 6.45) is 0. The molecule has 0 nitrogen and oxygen atoms in total. The van der Waals surface area contributed by atoms with Crippen molar-refractivity contribution in [1.29, 1.82) is 0 Å². The van der Waals surface area contributed by atoms with Crippen molar-refractivity contribution in [3.63, 3.8) is 0 Å². The van der Waals surface area contributed by atoms with Crippen molar-refractivity contribution in [3.8, 4) is 22.3 Å². The second-order valence-electron chi connectivity index (χ2n) is 14.8. The van der Waals surface area contributed by atoms with Gasteiger partial charge in [-0.3, -0.25) is 0 Å². The highest BCUT2D eigenvalue weighted by atomic mass is 32.2. The van der Waals surface area contributed by atoms with Crippen LogP contribution in [0.5, 0.6) is 0 Å². The first kappa shape index (κ1) is 32.7. The third-order valence-corrected chi connectivity index (χ3v) is 19.0. The number of hydrogen-bond acceptors (Lipinski definition) is 1. The van der Waals surface area contributed by atoms with E-state index in [1.807, 2.05) is 11.8 Å². The van der Waals surface area contributed by atoms with E-state index in [-0.39, 0.29) is 0 Å². The van der Waals surface area contributed by atoms with E-state index in [0.29, 0.717) is 21.9 Å². The zero-order valence-corrected chi connectivity index (χ0v) is 31.6. The molecular weight excluding hydrogens is 613 g/mol. The van der Waals surface area contributed by atoms with Crippen LogP contribution >= 0.6 is 11.8 Å². The van der Waals surface area contributed by atoms with Crippen molar-refractivity contribution >= 4 is 68.1 Å². The van der Waals surface area contributed by atoms with Crippen LogP contribution < -0.4 is 5.19 Å². The summed E-state index contributed by atoms with van der Waals surface area (Å²) in [6.45, 7) is 19.5. The van der Waals surface area contributed by atoms with Crippen LogP contribution in [0.2, 0.25) is 16.6 Å². The molecular formula is C46H48SSi. The summed E-state index contributed by atoms with van der Waals surface area (Å²) >= 11 is 1.95. The van der Waals surface area contributed by atoms with E-state index in [9.17, 15) is 0 Å².